The van der Waals surface area contributed by atoms with Gasteiger partial charge in [0.25, 0.3) is 0 Å². The largest absolute Gasteiger partial charge is 0.465 e. The van der Waals surface area contributed by atoms with Crippen LogP contribution in [0.2, 0.25) is 0 Å². The molecule has 42 heavy (non-hydrogen) atoms. The van der Waals surface area contributed by atoms with Crippen LogP contribution in [0.4, 0.5) is 0 Å². The fraction of sp³-hybridized carbons (Fsp3) is 0.618. The molecular weight excluding hydrogens is 532 g/mol. The third-order valence-corrected chi connectivity index (χ3v) is 9.23. The van der Waals surface area contributed by atoms with E-state index in [0.29, 0.717) is 31.2 Å². The molecule has 3 aliphatic rings. The van der Waals surface area contributed by atoms with Crippen LogP contribution in [0.25, 0.3) is 0 Å². The summed E-state index contributed by atoms with van der Waals surface area (Å²) >= 11 is 0. The summed E-state index contributed by atoms with van der Waals surface area (Å²) in [6.07, 6.45) is 5.52. The Labute approximate surface area is 250 Å². The maximum atomic E-state index is 15.0. The van der Waals surface area contributed by atoms with E-state index in [1.54, 1.807) is 17.1 Å². The van der Waals surface area contributed by atoms with Crippen LogP contribution >= 0.6 is 0 Å². The number of benzene rings is 1. The van der Waals surface area contributed by atoms with Gasteiger partial charge < -0.3 is 24.4 Å². The number of rotatable bonds is 12. The lowest BCUT2D eigenvalue weighted by Crippen LogP contribution is -2.61. The van der Waals surface area contributed by atoms with E-state index in [1.165, 1.54) is 4.90 Å². The molecule has 0 aliphatic carbocycles. The van der Waals surface area contributed by atoms with Crippen molar-refractivity contribution in [3.63, 3.8) is 0 Å². The van der Waals surface area contributed by atoms with Gasteiger partial charge in [0.1, 0.15) is 17.6 Å². The van der Waals surface area contributed by atoms with Gasteiger partial charge in [-0.3, -0.25) is 14.4 Å². The Balaban J connectivity index is 1.86. The average molecular weight is 581 g/mol. The fourth-order valence-corrected chi connectivity index (χ4v) is 8.00. The maximum absolute atomic E-state index is 15.0. The van der Waals surface area contributed by atoms with Crippen LogP contribution in [0.15, 0.2) is 55.6 Å². The lowest BCUT2D eigenvalue weighted by Gasteiger charge is -2.46. The molecule has 1 aromatic rings. The zero-order valence-corrected chi connectivity index (χ0v) is 26.1. The first-order valence-electron chi connectivity index (χ1n) is 15.1. The minimum absolute atomic E-state index is 0.0804. The van der Waals surface area contributed by atoms with Crippen molar-refractivity contribution in [1.82, 2.24) is 9.80 Å². The van der Waals surface area contributed by atoms with Gasteiger partial charge >= 0.3 is 5.97 Å². The summed E-state index contributed by atoms with van der Waals surface area (Å²) in [5.41, 5.74) is -2.13. The van der Waals surface area contributed by atoms with Gasteiger partial charge in [-0.15, -0.1) is 13.2 Å². The first-order chi connectivity index (χ1) is 19.7. The smallest absolute Gasteiger partial charge is 0.312 e. The Hall–Kier alpha value is -2.97. The monoisotopic (exact) mass is 580 g/mol. The van der Waals surface area contributed by atoms with Gasteiger partial charge in [0, 0.05) is 12.1 Å². The minimum Gasteiger partial charge on any atom is -0.465 e. The second-order valence-corrected chi connectivity index (χ2v) is 14.1. The quantitative estimate of drug-likeness (QED) is 0.216. The first-order valence-corrected chi connectivity index (χ1v) is 15.1. The number of esters is 1. The molecule has 2 bridgehead atoms. The summed E-state index contributed by atoms with van der Waals surface area (Å²) in [7, 11) is 0. The van der Waals surface area contributed by atoms with Gasteiger partial charge in [-0.2, -0.15) is 0 Å². The number of nitrogens with zero attached hydrogens (tertiary/aromatic N) is 2. The fourth-order valence-electron chi connectivity index (χ4n) is 8.00. The van der Waals surface area contributed by atoms with Crippen molar-refractivity contribution in [3.8, 4) is 0 Å². The molecule has 1 aromatic carbocycles. The lowest BCUT2D eigenvalue weighted by atomic mass is 9.66. The standard InChI is InChI=1S/C34H48N2O6/c1-9-11-20-41-30(40)26-25-28(38)36(24(21-37)23-15-13-12-14-16-23)27(34(25)18-17-33(26,8)42-34)29(39)35(19-10-2)32(6,7)22-31(3,4)5/h9-10,12-16,24-27,37H,1-2,11,17-22H2,3-8H3/t24-,25+,26+,27?,33-,34?/m1/s1. The molecule has 8 nitrogen and oxygen atoms in total. The van der Waals surface area contributed by atoms with Crippen molar-refractivity contribution in [1.29, 1.82) is 0 Å². The third-order valence-electron chi connectivity index (χ3n) is 9.23. The maximum Gasteiger partial charge on any atom is 0.312 e. The van der Waals surface area contributed by atoms with Crippen LogP contribution in [0.1, 0.15) is 78.8 Å². The van der Waals surface area contributed by atoms with E-state index >= 15 is 0 Å². The van der Waals surface area contributed by atoms with Crippen molar-refractivity contribution in [2.75, 3.05) is 19.8 Å². The predicted octanol–water partition coefficient (Wildman–Crippen LogP) is 4.83. The number of likely N-dealkylation sites (tertiary alicyclic amines) is 1. The zero-order valence-electron chi connectivity index (χ0n) is 26.1. The van der Waals surface area contributed by atoms with Crippen molar-refractivity contribution in [2.24, 2.45) is 17.3 Å². The Morgan fingerprint density at radius 1 is 1.17 bits per heavy atom. The molecule has 0 saturated carbocycles. The number of carbonyl (C=O) groups is 3. The minimum atomic E-state index is -1.23. The van der Waals surface area contributed by atoms with E-state index in [9.17, 15) is 19.5 Å². The molecule has 3 aliphatic heterocycles. The Morgan fingerprint density at radius 2 is 1.83 bits per heavy atom. The molecule has 3 heterocycles. The topological polar surface area (TPSA) is 96.4 Å². The highest BCUT2D eigenvalue weighted by atomic mass is 16.6. The van der Waals surface area contributed by atoms with Gasteiger partial charge in [0.2, 0.25) is 11.8 Å². The molecule has 1 N–H and O–H groups in total. The summed E-state index contributed by atoms with van der Waals surface area (Å²) in [4.78, 5) is 46.5. The van der Waals surface area contributed by atoms with E-state index in [-0.39, 0.29) is 37.0 Å². The van der Waals surface area contributed by atoms with Crippen LogP contribution in [0.3, 0.4) is 0 Å². The molecular formula is C34H48N2O6. The molecule has 3 saturated heterocycles. The molecule has 2 unspecified atom stereocenters. The number of fused-ring (bicyclic) bond motifs is 1. The van der Waals surface area contributed by atoms with Crippen molar-refractivity contribution in [2.45, 2.75) is 96.1 Å². The normalized spacial score (nSPS) is 29.3. The molecule has 3 fully saturated rings. The van der Waals surface area contributed by atoms with Crippen LogP contribution < -0.4 is 0 Å². The molecule has 0 aromatic heterocycles. The van der Waals surface area contributed by atoms with Crippen molar-refractivity contribution < 1.29 is 29.0 Å². The summed E-state index contributed by atoms with van der Waals surface area (Å²) < 4.78 is 12.4. The highest BCUT2D eigenvalue weighted by molar-refractivity contribution is 5.99. The van der Waals surface area contributed by atoms with Gasteiger partial charge in [0.15, 0.2) is 0 Å². The van der Waals surface area contributed by atoms with E-state index in [0.717, 1.165) is 0 Å². The van der Waals surface area contributed by atoms with Gasteiger partial charge in [0.05, 0.1) is 30.8 Å². The molecule has 230 valence electrons. The number of hydrogen-bond donors (Lipinski definition) is 1. The van der Waals surface area contributed by atoms with Crippen molar-refractivity contribution in [3.05, 3.63) is 61.2 Å². The third kappa shape index (κ3) is 5.44. The predicted molar refractivity (Wildman–Crippen MR) is 161 cm³/mol. The number of amides is 2. The molecule has 6 atom stereocenters. The van der Waals surface area contributed by atoms with Crippen LogP contribution in [-0.2, 0) is 23.9 Å². The average Bonchev–Trinajstić information content (AvgIpc) is 3.47. The molecule has 2 amide bonds. The van der Waals surface area contributed by atoms with E-state index in [2.05, 4.69) is 33.9 Å². The number of aliphatic hydroxyl groups excluding tert-OH is 1. The van der Waals surface area contributed by atoms with Gasteiger partial charge in [-0.1, -0.05) is 63.3 Å². The molecule has 4 rings (SSSR count). The summed E-state index contributed by atoms with van der Waals surface area (Å²) in [6, 6.07) is 7.39. The summed E-state index contributed by atoms with van der Waals surface area (Å²) in [5.74, 6) is -2.90. The van der Waals surface area contributed by atoms with Gasteiger partial charge in [-0.25, -0.2) is 0 Å². The van der Waals surface area contributed by atoms with E-state index < -0.39 is 46.6 Å². The number of ether oxygens (including phenoxy) is 2. The Morgan fingerprint density at radius 3 is 2.40 bits per heavy atom. The number of aliphatic hydroxyl groups is 1. The Bertz CT molecular complexity index is 1210. The highest BCUT2D eigenvalue weighted by Crippen LogP contribution is 2.64. The second kappa shape index (κ2) is 11.6. The number of hydrogen-bond acceptors (Lipinski definition) is 6. The van der Waals surface area contributed by atoms with Gasteiger partial charge in [-0.05, 0) is 57.4 Å². The van der Waals surface area contributed by atoms with Crippen molar-refractivity contribution >= 4 is 17.8 Å². The van der Waals surface area contributed by atoms with E-state index in [1.807, 2.05) is 51.1 Å². The van der Waals surface area contributed by atoms with Crippen LogP contribution in [0.5, 0.6) is 0 Å². The summed E-state index contributed by atoms with van der Waals surface area (Å²) in [6.45, 7) is 20.0. The lowest BCUT2D eigenvalue weighted by molar-refractivity contribution is -0.163. The van der Waals surface area contributed by atoms with Crippen LogP contribution in [0, 0.1) is 17.3 Å². The highest BCUT2D eigenvalue weighted by Gasteiger charge is 2.79. The molecule has 1 spiro atoms. The molecule has 0 radical (unpaired) electrons. The molecule has 8 heteroatoms. The summed E-state index contributed by atoms with van der Waals surface area (Å²) in [5, 5.41) is 10.7. The second-order valence-electron chi connectivity index (χ2n) is 14.1. The zero-order chi connectivity index (χ0) is 31.1. The first kappa shape index (κ1) is 32.0. The van der Waals surface area contributed by atoms with Crippen LogP contribution in [-0.4, -0.2) is 75.2 Å². The Kier molecular flexibility index (Phi) is 8.83. The van der Waals surface area contributed by atoms with E-state index in [4.69, 9.17) is 9.47 Å². The SMILES string of the molecule is C=CCCOC(=O)[C@@H]1[C@H]2C(=O)N([C@H](CO)c3ccccc3)C(C(=O)N(CC=C)C(C)(C)CC(C)(C)C)C23CC[C@@]1(C)O3. The number of carbonyl (C=O) groups excluding carboxylic acids is 3.